The van der Waals surface area contributed by atoms with Gasteiger partial charge in [0.15, 0.2) is 0 Å². The number of hydrazone groups is 1. The van der Waals surface area contributed by atoms with Crippen LogP contribution in [-0.4, -0.2) is 22.1 Å². The first-order valence-electron chi connectivity index (χ1n) is 6.36. The lowest BCUT2D eigenvalue weighted by atomic mass is 10.2. The van der Waals surface area contributed by atoms with Crippen LogP contribution in [0.15, 0.2) is 47.8 Å². The minimum Gasteiger partial charge on any atom is -0.345 e. The number of nitrogens with one attached hydrogen (secondary N) is 2. The number of imidazole rings is 1. The van der Waals surface area contributed by atoms with Gasteiger partial charge in [-0.05, 0) is 30.3 Å². The number of aromatic amines is 1. The van der Waals surface area contributed by atoms with Gasteiger partial charge < -0.3 is 4.98 Å². The highest BCUT2D eigenvalue weighted by Gasteiger charge is 2.07. The molecule has 110 valence electrons. The lowest BCUT2D eigenvalue weighted by molar-refractivity contribution is 0.0955. The molecule has 0 saturated carbocycles. The van der Waals surface area contributed by atoms with Crippen LogP contribution in [0.3, 0.4) is 0 Å². The summed E-state index contributed by atoms with van der Waals surface area (Å²) in [6.45, 7) is 0. The Labute approximate surface area is 136 Å². The highest BCUT2D eigenvalue weighted by atomic mass is 35.5. The van der Waals surface area contributed by atoms with Crippen LogP contribution in [0.1, 0.15) is 15.9 Å². The van der Waals surface area contributed by atoms with Crippen molar-refractivity contribution in [3.05, 3.63) is 63.9 Å². The number of fused-ring (bicyclic) bond motifs is 1. The standard InChI is InChI=1S/C15H10Cl2N4O/c16-11-2-1-3-12(17)10(11)7-20-21-15(22)9-4-5-13-14(6-9)19-8-18-13/h1-8H,(H,18,19)(H,21,22)/b20-7-. The fourth-order valence-electron chi connectivity index (χ4n) is 1.93. The van der Waals surface area contributed by atoms with E-state index in [-0.39, 0.29) is 5.91 Å². The summed E-state index contributed by atoms with van der Waals surface area (Å²) in [5.74, 6) is -0.337. The zero-order valence-electron chi connectivity index (χ0n) is 11.2. The van der Waals surface area contributed by atoms with Gasteiger partial charge in [-0.25, -0.2) is 10.4 Å². The molecule has 3 aromatic rings. The molecule has 1 aromatic heterocycles. The minimum absolute atomic E-state index is 0.337. The van der Waals surface area contributed by atoms with E-state index in [1.807, 2.05) is 0 Å². The number of hydrogen-bond donors (Lipinski definition) is 2. The molecule has 0 aliphatic carbocycles. The van der Waals surface area contributed by atoms with Gasteiger partial charge in [-0.1, -0.05) is 29.3 Å². The molecule has 2 N–H and O–H groups in total. The first kappa shape index (κ1) is 14.6. The largest absolute Gasteiger partial charge is 0.345 e. The van der Waals surface area contributed by atoms with E-state index in [9.17, 15) is 4.79 Å². The predicted molar refractivity (Wildman–Crippen MR) is 87.6 cm³/mol. The molecule has 2 aromatic carbocycles. The smallest absolute Gasteiger partial charge is 0.271 e. The van der Waals surface area contributed by atoms with E-state index in [4.69, 9.17) is 23.2 Å². The molecule has 5 nitrogen and oxygen atoms in total. The minimum atomic E-state index is -0.337. The molecule has 0 saturated heterocycles. The van der Waals surface area contributed by atoms with Gasteiger partial charge >= 0.3 is 0 Å². The number of nitrogens with zero attached hydrogens (tertiary/aromatic N) is 2. The number of H-pyrrole nitrogens is 1. The predicted octanol–water partition coefficient (Wildman–Crippen LogP) is 3.63. The third kappa shape index (κ3) is 2.95. The lowest BCUT2D eigenvalue weighted by Crippen LogP contribution is -2.17. The van der Waals surface area contributed by atoms with E-state index in [0.29, 0.717) is 21.2 Å². The zero-order valence-corrected chi connectivity index (χ0v) is 12.7. The molecule has 0 aliphatic rings. The molecule has 0 fully saturated rings. The molecule has 0 aliphatic heterocycles. The van der Waals surface area contributed by atoms with Crippen LogP contribution in [0.2, 0.25) is 10.0 Å². The van der Waals surface area contributed by atoms with Crippen molar-refractivity contribution in [3.8, 4) is 0 Å². The van der Waals surface area contributed by atoms with E-state index in [1.165, 1.54) is 6.21 Å². The molecule has 22 heavy (non-hydrogen) atoms. The van der Waals surface area contributed by atoms with E-state index >= 15 is 0 Å². The maximum absolute atomic E-state index is 12.0. The number of halogens is 2. The third-order valence-corrected chi connectivity index (χ3v) is 3.70. The summed E-state index contributed by atoms with van der Waals surface area (Å²) in [6.07, 6.45) is 2.99. The van der Waals surface area contributed by atoms with E-state index in [1.54, 1.807) is 42.7 Å². The summed E-state index contributed by atoms with van der Waals surface area (Å²) in [7, 11) is 0. The Hall–Kier alpha value is -2.37. The third-order valence-electron chi connectivity index (χ3n) is 3.04. The first-order chi connectivity index (χ1) is 10.6. The zero-order chi connectivity index (χ0) is 15.5. The van der Waals surface area contributed by atoms with Crippen LogP contribution < -0.4 is 5.43 Å². The van der Waals surface area contributed by atoms with E-state index < -0.39 is 0 Å². The molecule has 1 amide bonds. The van der Waals surface area contributed by atoms with Crippen molar-refractivity contribution in [3.63, 3.8) is 0 Å². The van der Waals surface area contributed by atoms with Gasteiger partial charge in [-0.2, -0.15) is 5.10 Å². The summed E-state index contributed by atoms with van der Waals surface area (Å²) in [5, 5.41) is 4.81. The van der Waals surface area contributed by atoms with Crippen LogP contribution in [0, 0.1) is 0 Å². The normalized spacial score (nSPS) is 11.2. The highest BCUT2D eigenvalue weighted by molar-refractivity contribution is 6.38. The molecule has 1 heterocycles. The monoisotopic (exact) mass is 332 g/mol. The summed E-state index contributed by atoms with van der Waals surface area (Å²) in [6, 6.07) is 10.3. The van der Waals surface area contributed by atoms with Crippen LogP contribution in [0.25, 0.3) is 11.0 Å². The van der Waals surface area contributed by atoms with Crippen LogP contribution >= 0.6 is 23.2 Å². The Balaban J connectivity index is 1.75. The quantitative estimate of drug-likeness (QED) is 0.567. The second kappa shape index (κ2) is 6.17. The van der Waals surface area contributed by atoms with Gasteiger partial charge in [0.05, 0.1) is 33.6 Å². The van der Waals surface area contributed by atoms with Crippen molar-refractivity contribution in [2.24, 2.45) is 5.10 Å². The number of carbonyl (C=O) groups is 1. The Morgan fingerprint density at radius 2 is 2.00 bits per heavy atom. The summed E-state index contributed by atoms with van der Waals surface area (Å²) < 4.78 is 0. The second-order valence-corrected chi connectivity index (χ2v) is 5.28. The molecular weight excluding hydrogens is 323 g/mol. The lowest BCUT2D eigenvalue weighted by Gasteiger charge is -2.02. The number of benzene rings is 2. The first-order valence-corrected chi connectivity index (χ1v) is 7.11. The number of aromatic nitrogens is 2. The fraction of sp³-hybridized carbons (Fsp3) is 0. The maximum atomic E-state index is 12.0. The van der Waals surface area contributed by atoms with Crippen molar-refractivity contribution in [1.29, 1.82) is 0 Å². The Bertz CT molecular complexity index is 853. The molecule has 0 bridgehead atoms. The van der Waals surface area contributed by atoms with Crippen LogP contribution in [0.5, 0.6) is 0 Å². The van der Waals surface area contributed by atoms with Crippen LogP contribution in [0.4, 0.5) is 0 Å². The fourth-order valence-corrected chi connectivity index (χ4v) is 2.43. The molecule has 0 unspecified atom stereocenters. The van der Waals surface area contributed by atoms with E-state index in [2.05, 4.69) is 20.5 Å². The van der Waals surface area contributed by atoms with Crippen molar-refractivity contribution in [2.45, 2.75) is 0 Å². The number of carbonyl (C=O) groups excluding carboxylic acids is 1. The molecule has 0 radical (unpaired) electrons. The van der Waals surface area contributed by atoms with Gasteiger partial charge in [-0.15, -0.1) is 0 Å². The second-order valence-electron chi connectivity index (χ2n) is 4.47. The number of rotatable bonds is 3. The summed E-state index contributed by atoms with van der Waals surface area (Å²) >= 11 is 12.0. The highest BCUT2D eigenvalue weighted by Crippen LogP contribution is 2.22. The Morgan fingerprint density at radius 1 is 1.23 bits per heavy atom. The summed E-state index contributed by atoms with van der Waals surface area (Å²) in [5.41, 5.74) is 5.04. The molecular formula is C15H10Cl2N4O. The van der Waals surface area contributed by atoms with Gasteiger partial charge in [0.25, 0.3) is 5.91 Å². The van der Waals surface area contributed by atoms with Crippen LogP contribution in [-0.2, 0) is 0 Å². The van der Waals surface area contributed by atoms with Crippen molar-refractivity contribution in [2.75, 3.05) is 0 Å². The van der Waals surface area contributed by atoms with Gasteiger partial charge in [0, 0.05) is 11.1 Å². The molecule has 3 rings (SSSR count). The average Bonchev–Trinajstić information content (AvgIpc) is 2.97. The number of amides is 1. The van der Waals surface area contributed by atoms with E-state index in [0.717, 1.165) is 11.0 Å². The van der Waals surface area contributed by atoms with Gasteiger partial charge in [0.2, 0.25) is 0 Å². The molecule has 0 spiro atoms. The van der Waals surface area contributed by atoms with Crippen molar-refractivity contribution in [1.82, 2.24) is 15.4 Å². The maximum Gasteiger partial charge on any atom is 0.271 e. The topological polar surface area (TPSA) is 70.1 Å². The van der Waals surface area contributed by atoms with Gasteiger partial charge in [0.1, 0.15) is 0 Å². The van der Waals surface area contributed by atoms with Crippen molar-refractivity contribution < 1.29 is 4.79 Å². The average molecular weight is 333 g/mol. The Kier molecular flexibility index (Phi) is 4.09. The molecule has 0 atom stereocenters. The number of hydrogen-bond acceptors (Lipinski definition) is 3. The van der Waals surface area contributed by atoms with Gasteiger partial charge in [-0.3, -0.25) is 4.79 Å². The SMILES string of the molecule is O=C(N/N=C\c1c(Cl)cccc1Cl)c1ccc2nc[nH]c2c1. The molecule has 7 heteroatoms. The van der Waals surface area contributed by atoms with Crippen molar-refractivity contribution >= 4 is 46.4 Å². The summed E-state index contributed by atoms with van der Waals surface area (Å²) in [4.78, 5) is 19.1. The Morgan fingerprint density at radius 3 is 2.77 bits per heavy atom.